The fourth-order valence-corrected chi connectivity index (χ4v) is 4.68. The molecule has 0 saturated heterocycles. The molecule has 0 heterocycles. The van der Waals surface area contributed by atoms with Crippen molar-refractivity contribution >= 4 is 0 Å². The van der Waals surface area contributed by atoms with Crippen LogP contribution < -0.4 is 5.32 Å². The van der Waals surface area contributed by atoms with Gasteiger partial charge in [-0.3, -0.25) is 0 Å². The Morgan fingerprint density at radius 1 is 1.14 bits per heavy atom. The molecule has 0 aliphatic heterocycles. The zero-order valence-corrected chi connectivity index (χ0v) is 13.8. The molecule has 0 spiro atoms. The Hall–Kier alpha value is -0.820. The van der Waals surface area contributed by atoms with Crippen molar-refractivity contribution in [3.05, 3.63) is 35.4 Å². The Morgan fingerprint density at radius 3 is 2.57 bits per heavy atom. The summed E-state index contributed by atoms with van der Waals surface area (Å²) in [4.78, 5) is 0. The maximum Gasteiger partial charge on any atom is 0.0111 e. The highest BCUT2D eigenvalue weighted by Gasteiger charge is 2.34. The van der Waals surface area contributed by atoms with Crippen molar-refractivity contribution in [3.8, 4) is 0 Å². The minimum absolute atomic E-state index is 0.602. The first-order valence-corrected chi connectivity index (χ1v) is 8.97. The Morgan fingerprint density at radius 2 is 1.86 bits per heavy atom. The molecule has 0 radical (unpaired) electrons. The highest BCUT2D eigenvalue weighted by atomic mass is 14.9. The molecule has 1 saturated carbocycles. The van der Waals surface area contributed by atoms with Crippen molar-refractivity contribution in [2.45, 2.75) is 71.3 Å². The summed E-state index contributed by atoms with van der Waals surface area (Å²) in [7, 11) is 0. The van der Waals surface area contributed by atoms with Gasteiger partial charge in [-0.1, -0.05) is 51.0 Å². The molecular weight excluding hydrogens is 254 g/mol. The third-order valence-electron chi connectivity index (χ3n) is 5.62. The second kappa shape index (κ2) is 6.52. The van der Waals surface area contributed by atoms with Crippen LogP contribution in [0.4, 0.5) is 0 Å². The molecule has 116 valence electrons. The molecule has 1 aromatic carbocycles. The zero-order valence-electron chi connectivity index (χ0n) is 13.8. The van der Waals surface area contributed by atoms with E-state index >= 15 is 0 Å². The molecule has 0 amide bonds. The highest BCUT2D eigenvalue weighted by Crippen LogP contribution is 2.42. The number of fused-ring (bicyclic) bond motifs is 1. The van der Waals surface area contributed by atoms with Crippen molar-refractivity contribution in [2.24, 2.45) is 11.3 Å². The molecule has 1 nitrogen and oxygen atoms in total. The van der Waals surface area contributed by atoms with Gasteiger partial charge in [-0.25, -0.2) is 0 Å². The summed E-state index contributed by atoms with van der Waals surface area (Å²) in [6, 6.07) is 9.71. The third kappa shape index (κ3) is 3.69. The van der Waals surface area contributed by atoms with Gasteiger partial charge in [0.05, 0.1) is 0 Å². The maximum atomic E-state index is 3.95. The summed E-state index contributed by atoms with van der Waals surface area (Å²) in [5, 5.41) is 3.95. The number of rotatable bonds is 5. The van der Waals surface area contributed by atoms with Crippen LogP contribution in [0.25, 0.3) is 0 Å². The van der Waals surface area contributed by atoms with Gasteiger partial charge in [0.1, 0.15) is 0 Å². The molecule has 1 heteroatoms. The quantitative estimate of drug-likeness (QED) is 0.824. The Balaban J connectivity index is 1.57. The van der Waals surface area contributed by atoms with Gasteiger partial charge in [0.15, 0.2) is 0 Å². The van der Waals surface area contributed by atoms with Crippen molar-refractivity contribution in [1.29, 1.82) is 0 Å². The number of nitrogens with one attached hydrogen (secondary N) is 1. The van der Waals surface area contributed by atoms with Crippen LogP contribution in [-0.4, -0.2) is 12.6 Å². The topological polar surface area (TPSA) is 12.0 Å². The van der Waals surface area contributed by atoms with E-state index in [1.54, 1.807) is 11.1 Å². The Labute approximate surface area is 130 Å². The predicted octanol–water partition coefficient (Wildman–Crippen LogP) is 4.74. The van der Waals surface area contributed by atoms with Gasteiger partial charge in [0.2, 0.25) is 0 Å². The summed E-state index contributed by atoms with van der Waals surface area (Å²) >= 11 is 0. The van der Waals surface area contributed by atoms with Crippen LogP contribution in [-0.2, 0) is 12.8 Å². The Bertz CT molecular complexity index is 457. The van der Waals surface area contributed by atoms with Gasteiger partial charge in [-0.2, -0.15) is 0 Å². The SMILES string of the molecule is CC(C)CC1(CNC2CCc3ccccc3C2)CCCC1. The van der Waals surface area contributed by atoms with Crippen molar-refractivity contribution in [1.82, 2.24) is 5.32 Å². The predicted molar refractivity (Wildman–Crippen MR) is 90.6 cm³/mol. The van der Waals surface area contributed by atoms with Crippen molar-refractivity contribution in [2.75, 3.05) is 6.54 Å². The second-order valence-electron chi connectivity index (χ2n) is 7.89. The lowest BCUT2D eigenvalue weighted by Crippen LogP contribution is -2.41. The molecule has 1 unspecified atom stereocenters. The largest absolute Gasteiger partial charge is 0.313 e. The van der Waals surface area contributed by atoms with E-state index in [0.29, 0.717) is 11.5 Å². The van der Waals surface area contributed by atoms with E-state index in [-0.39, 0.29) is 0 Å². The van der Waals surface area contributed by atoms with Crippen LogP contribution in [0.1, 0.15) is 63.5 Å². The molecule has 1 N–H and O–H groups in total. The lowest BCUT2D eigenvalue weighted by atomic mass is 9.78. The average molecular weight is 285 g/mol. The van der Waals surface area contributed by atoms with Crippen LogP contribution in [0.15, 0.2) is 24.3 Å². The van der Waals surface area contributed by atoms with Gasteiger partial charge < -0.3 is 5.32 Å². The molecule has 3 rings (SSSR count). The molecular formula is C20H31N. The molecule has 2 aliphatic rings. The number of aryl methyl sites for hydroxylation is 1. The molecule has 21 heavy (non-hydrogen) atoms. The monoisotopic (exact) mass is 285 g/mol. The van der Waals surface area contributed by atoms with E-state index in [0.717, 1.165) is 5.92 Å². The van der Waals surface area contributed by atoms with E-state index in [9.17, 15) is 0 Å². The first-order valence-electron chi connectivity index (χ1n) is 8.97. The van der Waals surface area contributed by atoms with Gasteiger partial charge in [-0.05, 0) is 61.0 Å². The van der Waals surface area contributed by atoms with E-state index in [1.165, 1.54) is 57.9 Å². The second-order valence-corrected chi connectivity index (χ2v) is 7.89. The molecule has 1 atom stereocenters. The molecule has 0 aromatic heterocycles. The first-order chi connectivity index (χ1) is 10.2. The minimum Gasteiger partial charge on any atom is -0.313 e. The van der Waals surface area contributed by atoms with Crippen LogP contribution in [0.5, 0.6) is 0 Å². The third-order valence-corrected chi connectivity index (χ3v) is 5.62. The fourth-order valence-electron chi connectivity index (χ4n) is 4.68. The van der Waals surface area contributed by atoms with Crippen molar-refractivity contribution in [3.63, 3.8) is 0 Å². The maximum absolute atomic E-state index is 3.95. The van der Waals surface area contributed by atoms with Gasteiger partial charge >= 0.3 is 0 Å². The lowest BCUT2D eigenvalue weighted by molar-refractivity contribution is 0.212. The number of benzene rings is 1. The minimum atomic E-state index is 0.602. The van der Waals surface area contributed by atoms with Crippen LogP contribution >= 0.6 is 0 Å². The zero-order chi connectivity index (χ0) is 14.7. The lowest BCUT2D eigenvalue weighted by Gasteiger charge is -2.34. The van der Waals surface area contributed by atoms with Crippen molar-refractivity contribution < 1.29 is 0 Å². The fraction of sp³-hybridized carbons (Fsp3) is 0.700. The summed E-state index contributed by atoms with van der Waals surface area (Å²) < 4.78 is 0. The average Bonchev–Trinajstić information content (AvgIpc) is 2.93. The normalized spacial score (nSPS) is 24.2. The van der Waals surface area contributed by atoms with Crippen LogP contribution in [0.3, 0.4) is 0 Å². The first kappa shape index (κ1) is 15.1. The summed E-state index contributed by atoms with van der Waals surface area (Å²) in [6.07, 6.45) is 11.0. The summed E-state index contributed by atoms with van der Waals surface area (Å²) in [6.45, 7) is 6.02. The molecule has 0 bridgehead atoms. The number of hydrogen-bond acceptors (Lipinski definition) is 1. The van der Waals surface area contributed by atoms with E-state index in [2.05, 4.69) is 43.4 Å². The summed E-state index contributed by atoms with van der Waals surface area (Å²) in [5.41, 5.74) is 3.75. The molecule has 2 aliphatic carbocycles. The van der Waals surface area contributed by atoms with Crippen LogP contribution in [0.2, 0.25) is 0 Å². The van der Waals surface area contributed by atoms with Gasteiger partial charge in [0.25, 0.3) is 0 Å². The van der Waals surface area contributed by atoms with E-state index in [4.69, 9.17) is 0 Å². The van der Waals surface area contributed by atoms with E-state index in [1.807, 2.05) is 0 Å². The van der Waals surface area contributed by atoms with Gasteiger partial charge in [0, 0.05) is 12.6 Å². The van der Waals surface area contributed by atoms with Gasteiger partial charge in [-0.15, -0.1) is 0 Å². The Kier molecular flexibility index (Phi) is 4.69. The molecule has 1 fully saturated rings. The smallest absolute Gasteiger partial charge is 0.0111 e. The summed E-state index contributed by atoms with van der Waals surface area (Å²) in [5.74, 6) is 0.831. The molecule has 1 aromatic rings. The van der Waals surface area contributed by atoms with Crippen LogP contribution in [0, 0.1) is 11.3 Å². The highest BCUT2D eigenvalue weighted by molar-refractivity contribution is 5.30. The number of hydrogen-bond donors (Lipinski definition) is 1. The standard InChI is InChI=1S/C20H31N/c1-16(2)14-20(11-5-6-12-20)15-21-19-10-9-17-7-3-4-8-18(17)13-19/h3-4,7-8,16,19,21H,5-6,9-15H2,1-2H3. The van der Waals surface area contributed by atoms with E-state index < -0.39 is 0 Å².